The highest BCUT2D eigenvalue weighted by Crippen LogP contribution is 2.36. The molecule has 2 aromatic heterocycles. The van der Waals surface area contributed by atoms with E-state index in [0.29, 0.717) is 5.92 Å². The third kappa shape index (κ3) is 3.57. The van der Waals surface area contributed by atoms with Gasteiger partial charge in [-0.1, -0.05) is 65.0 Å². The van der Waals surface area contributed by atoms with Crippen molar-refractivity contribution in [3.63, 3.8) is 0 Å². The molecule has 0 saturated heterocycles. The minimum absolute atomic E-state index is 0.0252. The van der Waals surface area contributed by atoms with E-state index in [1.807, 2.05) is 11.3 Å². The molecule has 2 aromatic carbocycles. The molecule has 2 nitrogen and oxygen atoms in total. The fraction of sp³-hybridized carbons (Fsp3) is 0.292. The summed E-state index contributed by atoms with van der Waals surface area (Å²) in [5.74, 6) is 1.60. The van der Waals surface area contributed by atoms with Crippen molar-refractivity contribution < 1.29 is 0 Å². The molecular weight excluding hydrogens is 348 g/mol. The summed E-state index contributed by atoms with van der Waals surface area (Å²) in [7, 11) is 0. The van der Waals surface area contributed by atoms with Gasteiger partial charge in [-0.05, 0) is 46.9 Å². The molecule has 0 aliphatic carbocycles. The molecule has 4 aromatic rings. The quantitative estimate of drug-likeness (QED) is 0.398. The van der Waals surface area contributed by atoms with Crippen LogP contribution in [0.2, 0.25) is 0 Å². The number of aromatic nitrogens is 2. The molecule has 0 spiro atoms. The van der Waals surface area contributed by atoms with Gasteiger partial charge in [0.2, 0.25) is 0 Å². The van der Waals surface area contributed by atoms with E-state index < -0.39 is 0 Å². The third-order valence-electron chi connectivity index (χ3n) is 4.94. The molecule has 0 atom stereocenters. The van der Waals surface area contributed by atoms with E-state index in [2.05, 4.69) is 94.2 Å². The van der Waals surface area contributed by atoms with Crippen molar-refractivity contribution >= 4 is 22.4 Å². The summed E-state index contributed by atoms with van der Waals surface area (Å²) in [6.45, 7) is 11.0. The van der Waals surface area contributed by atoms with Crippen molar-refractivity contribution in [2.45, 2.75) is 46.0 Å². The van der Waals surface area contributed by atoms with E-state index in [9.17, 15) is 0 Å². The SMILES string of the molecule is CC(C)c1ccc(-c2ccc(-c3ccc4nc(C(C)(C)C)[nH]c4c3)s2)cc1. The zero-order chi connectivity index (χ0) is 19.2. The summed E-state index contributed by atoms with van der Waals surface area (Å²) >= 11 is 1.84. The van der Waals surface area contributed by atoms with Crippen molar-refractivity contribution in [3.05, 3.63) is 66.0 Å². The summed E-state index contributed by atoms with van der Waals surface area (Å²) in [4.78, 5) is 10.8. The van der Waals surface area contributed by atoms with Crippen LogP contribution in [0.3, 0.4) is 0 Å². The van der Waals surface area contributed by atoms with Gasteiger partial charge in [-0.15, -0.1) is 11.3 Å². The van der Waals surface area contributed by atoms with Crippen LogP contribution in [0.25, 0.3) is 31.9 Å². The van der Waals surface area contributed by atoms with Crippen LogP contribution in [0.4, 0.5) is 0 Å². The molecule has 138 valence electrons. The second-order valence-electron chi connectivity index (χ2n) is 8.51. The number of aromatic amines is 1. The number of hydrogen-bond donors (Lipinski definition) is 1. The van der Waals surface area contributed by atoms with Crippen molar-refractivity contribution in [1.29, 1.82) is 0 Å². The van der Waals surface area contributed by atoms with Crippen LogP contribution in [-0.4, -0.2) is 9.97 Å². The van der Waals surface area contributed by atoms with E-state index in [0.717, 1.165) is 16.9 Å². The zero-order valence-corrected chi connectivity index (χ0v) is 17.4. The number of imidazole rings is 1. The van der Waals surface area contributed by atoms with Gasteiger partial charge in [0.05, 0.1) is 11.0 Å². The Hall–Kier alpha value is -2.39. The zero-order valence-electron chi connectivity index (χ0n) is 16.6. The van der Waals surface area contributed by atoms with Gasteiger partial charge in [0.25, 0.3) is 0 Å². The molecule has 1 N–H and O–H groups in total. The van der Waals surface area contributed by atoms with E-state index in [1.54, 1.807) is 0 Å². The van der Waals surface area contributed by atoms with Gasteiger partial charge >= 0.3 is 0 Å². The van der Waals surface area contributed by atoms with Crippen LogP contribution >= 0.6 is 11.3 Å². The smallest absolute Gasteiger partial charge is 0.112 e. The summed E-state index contributed by atoms with van der Waals surface area (Å²) < 4.78 is 0. The molecule has 0 fully saturated rings. The number of rotatable bonds is 3. The first-order chi connectivity index (χ1) is 12.8. The average Bonchev–Trinajstić information content (AvgIpc) is 3.28. The molecule has 4 rings (SSSR count). The maximum atomic E-state index is 4.74. The van der Waals surface area contributed by atoms with Gasteiger partial charge in [0.15, 0.2) is 0 Å². The molecule has 2 heterocycles. The first-order valence-electron chi connectivity index (χ1n) is 9.52. The van der Waals surface area contributed by atoms with E-state index in [1.165, 1.54) is 26.4 Å². The number of benzene rings is 2. The van der Waals surface area contributed by atoms with Crippen LogP contribution in [0.1, 0.15) is 51.9 Å². The monoisotopic (exact) mass is 374 g/mol. The standard InChI is InChI=1S/C24H26N2S/c1-15(2)16-6-8-17(9-7-16)21-12-13-22(27-21)18-10-11-19-20(14-18)26-23(25-19)24(3,4)5/h6-15H,1-5H3,(H,25,26). The van der Waals surface area contributed by atoms with Crippen molar-refractivity contribution in [3.8, 4) is 20.9 Å². The maximum absolute atomic E-state index is 4.74. The lowest BCUT2D eigenvalue weighted by atomic mass is 9.96. The fourth-order valence-electron chi connectivity index (χ4n) is 3.20. The predicted molar refractivity (Wildman–Crippen MR) is 118 cm³/mol. The summed E-state index contributed by atoms with van der Waals surface area (Å²) in [5, 5.41) is 0. The van der Waals surface area contributed by atoms with Gasteiger partial charge in [-0.25, -0.2) is 4.98 Å². The lowest BCUT2D eigenvalue weighted by molar-refractivity contribution is 0.554. The van der Waals surface area contributed by atoms with Gasteiger partial charge < -0.3 is 4.98 Å². The number of hydrogen-bond acceptors (Lipinski definition) is 2. The number of H-pyrrole nitrogens is 1. The minimum Gasteiger partial charge on any atom is -0.342 e. The molecule has 0 radical (unpaired) electrons. The van der Waals surface area contributed by atoms with E-state index in [-0.39, 0.29) is 5.41 Å². The van der Waals surface area contributed by atoms with Crippen LogP contribution in [0.5, 0.6) is 0 Å². The van der Waals surface area contributed by atoms with Crippen molar-refractivity contribution in [2.75, 3.05) is 0 Å². The Bertz CT molecular complexity index is 1080. The second-order valence-corrected chi connectivity index (χ2v) is 9.59. The van der Waals surface area contributed by atoms with Gasteiger partial charge in [-0.3, -0.25) is 0 Å². The fourth-order valence-corrected chi connectivity index (χ4v) is 4.21. The molecule has 27 heavy (non-hydrogen) atoms. The Kier molecular flexibility index (Phi) is 4.43. The topological polar surface area (TPSA) is 28.7 Å². The second kappa shape index (κ2) is 6.65. The normalized spacial score (nSPS) is 12.2. The molecule has 0 amide bonds. The Morgan fingerprint density at radius 2 is 1.48 bits per heavy atom. The lowest BCUT2D eigenvalue weighted by Crippen LogP contribution is -2.12. The molecule has 0 saturated carbocycles. The van der Waals surface area contributed by atoms with Gasteiger partial charge in [0, 0.05) is 15.2 Å². The number of fused-ring (bicyclic) bond motifs is 1. The lowest BCUT2D eigenvalue weighted by Gasteiger charge is -2.13. The average molecular weight is 375 g/mol. The van der Waals surface area contributed by atoms with Crippen LogP contribution in [0.15, 0.2) is 54.6 Å². The molecular formula is C24H26N2S. The highest BCUT2D eigenvalue weighted by Gasteiger charge is 2.18. The van der Waals surface area contributed by atoms with Gasteiger partial charge in [0.1, 0.15) is 5.82 Å². The molecule has 0 bridgehead atoms. The summed E-state index contributed by atoms with van der Waals surface area (Å²) in [5.41, 5.74) is 6.07. The molecule has 0 aliphatic heterocycles. The Morgan fingerprint density at radius 1 is 0.852 bits per heavy atom. The van der Waals surface area contributed by atoms with Crippen molar-refractivity contribution in [1.82, 2.24) is 9.97 Å². The van der Waals surface area contributed by atoms with Crippen LogP contribution < -0.4 is 0 Å². The number of nitrogens with one attached hydrogen (secondary N) is 1. The first-order valence-corrected chi connectivity index (χ1v) is 10.3. The molecule has 0 unspecified atom stereocenters. The van der Waals surface area contributed by atoms with Crippen molar-refractivity contribution in [2.24, 2.45) is 0 Å². The van der Waals surface area contributed by atoms with E-state index in [4.69, 9.17) is 4.98 Å². The highest BCUT2D eigenvalue weighted by molar-refractivity contribution is 7.18. The van der Waals surface area contributed by atoms with Crippen LogP contribution in [-0.2, 0) is 5.41 Å². The summed E-state index contributed by atoms with van der Waals surface area (Å²) in [6.07, 6.45) is 0. The molecule has 0 aliphatic rings. The first kappa shape index (κ1) is 18.0. The largest absolute Gasteiger partial charge is 0.342 e. The Balaban J connectivity index is 1.66. The number of nitrogens with zero attached hydrogens (tertiary/aromatic N) is 1. The van der Waals surface area contributed by atoms with E-state index >= 15 is 0 Å². The summed E-state index contributed by atoms with van der Waals surface area (Å²) in [6, 6.07) is 19.9. The molecule has 3 heteroatoms. The predicted octanol–water partition coefficient (Wildman–Crippen LogP) is 7.38. The Labute approximate surface area is 165 Å². The third-order valence-corrected chi connectivity index (χ3v) is 6.13. The van der Waals surface area contributed by atoms with Gasteiger partial charge in [-0.2, -0.15) is 0 Å². The minimum atomic E-state index is 0.0252. The number of thiophene rings is 1. The highest BCUT2D eigenvalue weighted by atomic mass is 32.1. The maximum Gasteiger partial charge on any atom is 0.112 e. The van der Waals surface area contributed by atoms with Crippen LogP contribution in [0, 0.1) is 0 Å². The Morgan fingerprint density at radius 3 is 2.11 bits per heavy atom.